The van der Waals surface area contributed by atoms with Crippen molar-refractivity contribution in [1.82, 2.24) is 8.87 Å². The van der Waals surface area contributed by atoms with Crippen LogP contribution in [0.1, 0.15) is 24.0 Å². The molecule has 3 aromatic rings. The normalized spacial score (nSPS) is 16.3. The molecule has 4 rings (SSSR count). The summed E-state index contributed by atoms with van der Waals surface area (Å²) in [5.74, 6) is 2.12. The van der Waals surface area contributed by atoms with Gasteiger partial charge in [-0.05, 0) is 56.5 Å². The molecule has 1 saturated heterocycles. The number of fused-ring (bicyclic) bond motifs is 1. The number of benzene rings is 2. The Morgan fingerprint density at radius 3 is 2.44 bits per heavy atom. The number of terminal acetylenes is 1. The number of thiazole rings is 1. The first-order chi connectivity index (χ1) is 15.3. The smallest absolute Gasteiger partial charge is 0.251 e. The molecule has 8 heteroatoms. The maximum absolute atomic E-state index is 12.9. The predicted molar refractivity (Wildman–Crippen MR) is 127 cm³/mol. The highest BCUT2D eigenvalue weighted by molar-refractivity contribution is 7.89. The zero-order valence-electron chi connectivity index (χ0n) is 18.1. The van der Waals surface area contributed by atoms with E-state index in [1.54, 1.807) is 24.3 Å². The third-order valence-electron chi connectivity index (χ3n) is 5.76. The molecule has 0 bridgehead atoms. The number of piperidine rings is 1. The van der Waals surface area contributed by atoms with E-state index in [1.807, 2.05) is 30.5 Å². The Bertz CT molecular complexity index is 1370. The van der Waals surface area contributed by atoms with E-state index in [-0.39, 0.29) is 16.7 Å². The van der Waals surface area contributed by atoms with Crippen molar-refractivity contribution in [3.05, 3.63) is 58.4 Å². The van der Waals surface area contributed by atoms with E-state index in [0.29, 0.717) is 37.3 Å². The van der Waals surface area contributed by atoms with Gasteiger partial charge in [0.1, 0.15) is 0 Å². The van der Waals surface area contributed by atoms with E-state index >= 15 is 0 Å². The summed E-state index contributed by atoms with van der Waals surface area (Å²) in [4.78, 5) is 18.2. The lowest BCUT2D eigenvalue weighted by molar-refractivity contribution is -0.122. The van der Waals surface area contributed by atoms with Crippen LogP contribution < -0.4 is 4.80 Å². The van der Waals surface area contributed by atoms with E-state index in [0.717, 1.165) is 21.3 Å². The summed E-state index contributed by atoms with van der Waals surface area (Å²) >= 11 is 1.45. The third-order valence-corrected chi connectivity index (χ3v) is 8.71. The van der Waals surface area contributed by atoms with Crippen molar-refractivity contribution < 1.29 is 13.2 Å². The van der Waals surface area contributed by atoms with E-state index < -0.39 is 10.0 Å². The zero-order valence-corrected chi connectivity index (χ0v) is 19.7. The summed E-state index contributed by atoms with van der Waals surface area (Å²) in [6.45, 7) is 4.88. The van der Waals surface area contributed by atoms with Gasteiger partial charge >= 0.3 is 0 Å². The Kier molecular flexibility index (Phi) is 6.33. The van der Waals surface area contributed by atoms with Crippen molar-refractivity contribution in [2.24, 2.45) is 10.9 Å². The quantitative estimate of drug-likeness (QED) is 0.552. The molecule has 0 aliphatic carbocycles. The van der Waals surface area contributed by atoms with Crippen LogP contribution in [0.3, 0.4) is 0 Å². The standard InChI is InChI=1S/C24H25N3O3S2/c1-4-13-27-21-10-7-18(3)16-22(21)31-24(27)25-23(28)19-11-14-26(15-12-19)32(29,30)20-8-5-17(2)6-9-20/h1,5-10,16,19H,11-15H2,2-3H3. The SMILES string of the molecule is C#CCn1c(=NC(=O)C2CCN(S(=O)(=O)c3ccc(C)cc3)CC2)sc2cc(C)ccc21. The lowest BCUT2D eigenvalue weighted by atomic mass is 9.98. The Labute approximate surface area is 192 Å². The molecule has 32 heavy (non-hydrogen) atoms. The largest absolute Gasteiger partial charge is 0.305 e. The fourth-order valence-electron chi connectivity index (χ4n) is 3.90. The van der Waals surface area contributed by atoms with Crippen LogP contribution in [-0.2, 0) is 21.4 Å². The minimum absolute atomic E-state index is 0.216. The van der Waals surface area contributed by atoms with Crippen LogP contribution >= 0.6 is 11.3 Å². The van der Waals surface area contributed by atoms with E-state index in [2.05, 4.69) is 17.0 Å². The van der Waals surface area contributed by atoms with Crippen LogP contribution in [-0.4, -0.2) is 36.3 Å². The number of carbonyl (C=O) groups is 1. The van der Waals surface area contributed by atoms with Crippen LogP contribution in [0.15, 0.2) is 52.4 Å². The number of amides is 1. The van der Waals surface area contributed by atoms with Gasteiger partial charge in [-0.25, -0.2) is 8.42 Å². The Morgan fingerprint density at radius 1 is 1.12 bits per heavy atom. The number of carbonyl (C=O) groups excluding carboxylic acids is 1. The maximum atomic E-state index is 12.9. The molecule has 1 aliphatic heterocycles. The molecule has 0 radical (unpaired) electrons. The second-order valence-electron chi connectivity index (χ2n) is 8.09. The maximum Gasteiger partial charge on any atom is 0.251 e. The first-order valence-electron chi connectivity index (χ1n) is 10.5. The zero-order chi connectivity index (χ0) is 22.9. The van der Waals surface area contributed by atoms with Crippen LogP contribution in [0.25, 0.3) is 10.2 Å². The van der Waals surface area contributed by atoms with Crippen molar-refractivity contribution in [3.8, 4) is 12.3 Å². The van der Waals surface area contributed by atoms with Gasteiger partial charge in [0.05, 0.1) is 21.7 Å². The van der Waals surface area contributed by atoms with Crippen LogP contribution in [0, 0.1) is 32.1 Å². The van der Waals surface area contributed by atoms with Crippen LogP contribution in [0.4, 0.5) is 0 Å². The molecule has 0 spiro atoms. The van der Waals surface area contributed by atoms with Gasteiger partial charge < -0.3 is 4.57 Å². The summed E-state index contributed by atoms with van der Waals surface area (Å²) in [5.41, 5.74) is 3.10. The Balaban J connectivity index is 1.53. The van der Waals surface area contributed by atoms with Crippen molar-refractivity contribution in [2.45, 2.75) is 38.1 Å². The molecular formula is C24H25N3O3S2. The molecule has 2 aromatic carbocycles. The van der Waals surface area contributed by atoms with E-state index in [4.69, 9.17) is 6.42 Å². The molecule has 0 saturated carbocycles. The summed E-state index contributed by atoms with van der Waals surface area (Å²) in [6, 6.07) is 12.9. The molecule has 0 unspecified atom stereocenters. The van der Waals surface area contributed by atoms with Crippen molar-refractivity contribution in [1.29, 1.82) is 0 Å². The number of aryl methyl sites for hydroxylation is 2. The highest BCUT2D eigenvalue weighted by Gasteiger charge is 2.32. The highest BCUT2D eigenvalue weighted by Crippen LogP contribution is 2.25. The number of nitrogens with zero attached hydrogens (tertiary/aromatic N) is 3. The van der Waals surface area contributed by atoms with Crippen molar-refractivity contribution in [3.63, 3.8) is 0 Å². The Hall–Kier alpha value is -2.73. The fourth-order valence-corrected chi connectivity index (χ4v) is 6.50. The molecular weight excluding hydrogens is 442 g/mol. The molecule has 0 atom stereocenters. The van der Waals surface area contributed by atoms with Gasteiger partial charge in [-0.1, -0.05) is 41.0 Å². The van der Waals surface area contributed by atoms with Gasteiger partial charge in [0.2, 0.25) is 10.0 Å². The lowest BCUT2D eigenvalue weighted by Crippen LogP contribution is -2.40. The first kappa shape index (κ1) is 22.5. The van der Waals surface area contributed by atoms with Gasteiger partial charge in [-0.3, -0.25) is 4.79 Å². The number of sulfonamides is 1. The van der Waals surface area contributed by atoms with Crippen molar-refractivity contribution >= 4 is 37.5 Å². The van der Waals surface area contributed by atoms with Crippen molar-refractivity contribution in [2.75, 3.05) is 13.1 Å². The monoisotopic (exact) mass is 467 g/mol. The second-order valence-corrected chi connectivity index (χ2v) is 11.0. The molecule has 1 aromatic heterocycles. The Morgan fingerprint density at radius 2 is 1.78 bits per heavy atom. The lowest BCUT2D eigenvalue weighted by Gasteiger charge is -2.29. The third kappa shape index (κ3) is 4.42. The van der Waals surface area contributed by atoms with Gasteiger partial charge in [0.15, 0.2) is 4.80 Å². The van der Waals surface area contributed by atoms with Crippen LogP contribution in [0.5, 0.6) is 0 Å². The van der Waals surface area contributed by atoms with E-state index in [9.17, 15) is 13.2 Å². The molecule has 6 nitrogen and oxygen atoms in total. The summed E-state index contributed by atoms with van der Waals surface area (Å²) in [5, 5.41) is 0. The number of rotatable bonds is 4. The molecule has 1 aliphatic rings. The first-order valence-corrected chi connectivity index (χ1v) is 12.7. The average molecular weight is 468 g/mol. The molecule has 166 valence electrons. The predicted octanol–water partition coefficient (Wildman–Crippen LogP) is 3.48. The average Bonchev–Trinajstić information content (AvgIpc) is 3.10. The summed E-state index contributed by atoms with van der Waals surface area (Å²) < 4.78 is 30.2. The molecule has 2 heterocycles. The topological polar surface area (TPSA) is 71.7 Å². The molecule has 1 amide bonds. The number of hydrogen-bond acceptors (Lipinski definition) is 4. The van der Waals surface area contributed by atoms with Gasteiger partial charge in [0, 0.05) is 19.0 Å². The summed E-state index contributed by atoms with van der Waals surface area (Å²) in [7, 11) is -3.56. The summed E-state index contributed by atoms with van der Waals surface area (Å²) in [6.07, 6.45) is 6.44. The molecule has 0 N–H and O–H groups in total. The van der Waals surface area contributed by atoms with Gasteiger partial charge in [0.25, 0.3) is 5.91 Å². The fraction of sp³-hybridized carbons (Fsp3) is 0.333. The van der Waals surface area contributed by atoms with Gasteiger partial charge in [-0.2, -0.15) is 9.30 Å². The van der Waals surface area contributed by atoms with Gasteiger partial charge in [-0.15, -0.1) is 6.42 Å². The van der Waals surface area contributed by atoms with E-state index in [1.165, 1.54) is 15.6 Å². The van der Waals surface area contributed by atoms with Crippen LogP contribution in [0.2, 0.25) is 0 Å². The minimum Gasteiger partial charge on any atom is -0.305 e. The second kappa shape index (κ2) is 9.02. The number of hydrogen-bond donors (Lipinski definition) is 0. The minimum atomic E-state index is -3.56. The highest BCUT2D eigenvalue weighted by atomic mass is 32.2. The number of aromatic nitrogens is 1. The molecule has 1 fully saturated rings.